The molecular weight excluding hydrogens is 305 g/mol. The summed E-state index contributed by atoms with van der Waals surface area (Å²) in [5.74, 6) is -0.198. The minimum absolute atomic E-state index is 0.0713. The van der Waals surface area contributed by atoms with Crippen LogP contribution in [0.2, 0.25) is 0 Å². The SMILES string of the molecule is N#Cc1cccc(CN2CCN(Cc3ccc(F)cc3)C(=O)C2)c1. The molecule has 2 aromatic rings. The van der Waals surface area contributed by atoms with Crippen LogP contribution < -0.4 is 0 Å². The molecule has 3 rings (SSSR count). The van der Waals surface area contributed by atoms with Crippen LogP contribution in [-0.4, -0.2) is 35.3 Å². The van der Waals surface area contributed by atoms with E-state index in [4.69, 9.17) is 5.26 Å². The number of hydrogen-bond donors (Lipinski definition) is 0. The number of carbonyl (C=O) groups excluding carboxylic acids is 1. The highest BCUT2D eigenvalue weighted by atomic mass is 19.1. The summed E-state index contributed by atoms with van der Waals surface area (Å²) in [6.07, 6.45) is 0. The number of piperazine rings is 1. The maximum atomic E-state index is 12.9. The number of nitrogens with zero attached hydrogens (tertiary/aromatic N) is 3. The second-order valence-corrected chi connectivity index (χ2v) is 5.96. The minimum atomic E-state index is -0.269. The van der Waals surface area contributed by atoms with Gasteiger partial charge in [-0.25, -0.2) is 4.39 Å². The first-order valence-corrected chi connectivity index (χ1v) is 7.87. The molecule has 0 radical (unpaired) electrons. The van der Waals surface area contributed by atoms with Gasteiger partial charge in [0.05, 0.1) is 18.2 Å². The van der Waals surface area contributed by atoms with Gasteiger partial charge >= 0.3 is 0 Å². The number of amides is 1. The van der Waals surface area contributed by atoms with Gasteiger partial charge in [-0.05, 0) is 35.4 Å². The number of rotatable bonds is 4. The highest BCUT2D eigenvalue weighted by molar-refractivity contribution is 5.79. The van der Waals surface area contributed by atoms with E-state index < -0.39 is 0 Å². The summed E-state index contributed by atoms with van der Waals surface area (Å²) in [5, 5.41) is 8.95. The number of nitriles is 1. The zero-order valence-electron chi connectivity index (χ0n) is 13.3. The van der Waals surface area contributed by atoms with Gasteiger partial charge in [-0.15, -0.1) is 0 Å². The Morgan fingerprint density at radius 2 is 1.83 bits per heavy atom. The monoisotopic (exact) mass is 323 g/mol. The number of hydrogen-bond acceptors (Lipinski definition) is 3. The molecule has 5 heteroatoms. The topological polar surface area (TPSA) is 47.3 Å². The van der Waals surface area contributed by atoms with Gasteiger partial charge in [0, 0.05) is 26.2 Å². The molecule has 0 unspecified atom stereocenters. The second kappa shape index (κ2) is 7.24. The first-order chi connectivity index (χ1) is 11.6. The molecule has 1 heterocycles. The summed E-state index contributed by atoms with van der Waals surface area (Å²) in [7, 11) is 0. The summed E-state index contributed by atoms with van der Waals surface area (Å²) in [6, 6.07) is 15.8. The Morgan fingerprint density at radius 3 is 2.54 bits per heavy atom. The van der Waals surface area contributed by atoms with Crippen LogP contribution in [0.4, 0.5) is 4.39 Å². The van der Waals surface area contributed by atoms with Crippen LogP contribution in [-0.2, 0) is 17.9 Å². The van der Waals surface area contributed by atoms with Gasteiger partial charge in [0.15, 0.2) is 0 Å². The Bertz CT molecular complexity index is 767. The lowest BCUT2D eigenvalue weighted by molar-refractivity contribution is -0.136. The second-order valence-electron chi connectivity index (χ2n) is 5.96. The molecule has 4 nitrogen and oxygen atoms in total. The summed E-state index contributed by atoms with van der Waals surface area (Å²) < 4.78 is 12.9. The third-order valence-corrected chi connectivity index (χ3v) is 4.15. The summed E-state index contributed by atoms with van der Waals surface area (Å²) in [4.78, 5) is 16.2. The van der Waals surface area contributed by atoms with Gasteiger partial charge in [0.2, 0.25) is 5.91 Å². The lowest BCUT2D eigenvalue weighted by atomic mass is 10.1. The van der Waals surface area contributed by atoms with Gasteiger partial charge in [-0.3, -0.25) is 9.69 Å². The molecule has 2 aromatic carbocycles. The Morgan fingerprint density at radius 1 is 1.04 bits per heavy atom. The molecular formula is C19H18FN3O. The third kappa shape index (κ3) is 3.98. The standard InChI is InChI=1S/C19H18FN3O/c20-18-6-4-15(5-7-18)13-23-9-8-22(14-19(23)24)12-17-3-1-2-16(10-17)11-21/h1-7,10H,8-9,12-14H2. The largest absolute Gasteiger partial charge is 0.336 e. The fourth-order valence-corrected chi connectivity index (χ4v) is 2.87. The van der Waals surface area contributed by atoms with Crippen molar-refractivity contribution in [1.82, 2.24) is 9.80 Å². The van der Waals surface area contributed by atoms with E-state index in [1.807, 2.05) is 18.2 Å². The van der Waals surface area contributed by atoms with Crippen LogP contribution >= 0.6 is 0 Å². The van der Waals surface area contributed by atoms with Gasteiger partial charge in [-0.2, -0.15) is 5.26 Å². The summed E-state index contributed by atoms with van der Waals surface area (Å²) in [5.41, 5.74) is 2.60. The zero-order chi connectivity index (χ0) is 16.9. The number of halogens is 1. The molecule has 0 bridgehead atoms. The van der Waals surface area contributed by atoms with Crippen molar-refractivity contribution in [3.05, 3.63) is 71.0 Å². The molecule has 0 saturated carbocycles. The van der Waals surface area contributed by atoms with Crippen molar-refractivity contribution in [3.8, 4) is 6.07 Å². The van der Waals surface area contributed by atoms with Crippen molar-refractivity contribution in [2.45, 2.75) is 13.1 Å². The highest BCUT2D eigenvalue weighted by Gasteiger charge is 2.23. The lowest BCUT2D eigenvalue weighted by Crippen LogP contribution is -2.49. The van der Waals surface area contributed by atoms with Crippen molar-refractivity contribution >= 4 is 5.91 Å². The first kappa shape index (κ1) is 16.2. The van der Waals surface area contributed by atoms with Crippen molar-refractivity contribution < 1.29 is 9.18 Å². The lowest BCUT2D eigenvalue weighted by Gasteiger charge is -2.34. The predicted octanol–water partition coefficient (Wildman–Crippen LogP) is 2.54. The van der Waals surface area contributed by atoms with Crippen LogP contribution in [0.5, 0.6) is 0 Å². The molecule has 24 heavy (non-hydrogen) atoms. The molecule has 1 aliphatic heterocycles. The molecule has 1 saturated heterocycles. The average Bonchev–Trinajstić information content (AvgIpc) is 2.59. The molecule has 0 aromatic heterocycles. The quantitative estimate of drug-likeness (QED) is 0.869. The number of benzene rings is 2. The number of carbonyl (C=O) groups is 1. The van der Waals surface area contributed by atoms with Crippen molar-refractivity contribution in [2.24, 2.45) is 0 Å². The minimum Gasteiger partial charge on any atom is -0.336 e. The van der Waals surface area contributed by atoms with Gasteiger partial charge < -0.3 is 4.90 Å². The van der Waals surface area contributed by atoms with E-state index >= 15 is 0 Å². The maximum absolute atomic E-state index is 12.9. The Kier molecular flexibility index (Phi) is 4.88. The molecule has 1 aliphatic rings. The van der Waals surface area contributed by atoms with Crippen molar-refractivity contribution in [1.29, 1.82) is 5.26 Å². The molecule has 1 amide bonds. The van der Waals surface area contributed by atoms with Crippen LogP contribution in [0.25, 0.3) is 0 Å². The van der Waals surface area contributed by atoms with E-state index in [1.54, 1.807) is 23.1 Å². The fourth-order valence-electron chi connectivity index (χ4n) is 2.87. The van der Waals surface area contributed by atoms with E-state index in [0.717, 1.165) is 17.7 Å². The maximum Gasteiger partial charge on any atom is 0.237 e. The molecule has 1 fully saturated rings. The van der Waals surface area contributed by atoms with E-state index in [2.05, 4.69) is 11.0 Å². The van der Waals surface area contributed by atoms with Crippen LogP contribution in [0.15, 0.2) is 48.5 Å². The van der Waals surface area contributed by atoms with Crippen molar-refractivity contribution in [2.75, 3.05) is 19.6 Å². The van der Waals surface area contributed by atoms with Gasteiger partial charge in [-0.1, -0.05) is 24.3 Å². The molecule has 0 atom stereocenters. The van der Waals surface area contributed by atoms with E-state index in [-0.39, 0.29) is 11.7 Å². The predicted molar refractivity (Wildman–Crippen MR) is 88.3 cm³/mol. The molecule has 122 valence electrons. The van der Waals surface area contributed by atoms with E-state index in [9.17, 15) is 9.18 Å². The zero-order valence-corrected chi connectivity index (χ0v) is 13.3. The van der Waals surface area contributed by atoms with E-state index in [1.165, 1.54) is 12.1 Å². The van der Waals surface area contributed by atoms with Crippen LogP contribution in [0.3, 0.4) is 0 Å². The van der Waals surface area contributed by atoms with Crippen molar-refractivity contribution in [3.63, 3.8) is 0 Å². The molecule has 0 spiro atoms. The Labute approximate surface area is 140 Å². The molecule has 0 N–H and O–H groups in total. The van der Waals surface area contributed by atoms with E-state index in [0.29, 0.717) is 31.7 Å². The van der Waals surface area contributed by atoms with Gasteiger partial charge in [0.25, 0.3) is 0 Å². The first-order valence-electron chi connectivity index (χ1n) is 7.87. The van der Waals surface area contributed by atoms with Gasteiger partial charge in [0.1, 0.15) is 5.82 Å². The normalized spacial score (nSPS) is 15.3. The molecule has 0 aliphatic carbocycles. The smallest absolute Gasteiger partial charge is 0.237 e. The summed E-state index contributed by atoms with van der Waals surface area (Å²) in [6.45, 7) is 2.96. The third-order valence-electron chi connectivity index (χ3n) is 4.15. The van der Waals surface area contributed by atoms with Crippen LogP contribution in [0.1, 0.15) is 16.7 Å². The Hall–Kier alpha value is -2.71. The average molecular weight is 323 g/mol. The summed E-state index contributed by atoms with van der Waals surface area (Å²) >= 11 is 0. The fraction of sp³-hybridized carbons (Fsp3) is 0.263. The Balaban J connectivity index is 1.57. The highest BCUT2D eigenvalue weighted by Crippen LogP contribution is 2.14. The van der Waals surface area contributed by atoms with Crippen LogP contribution in [0, 0.1) is 17.1 Å².